The summed E-state index contributed by atoms with van der Waals surface area (Å²) in [7, 11) is 0. The minimum atomic E-state index is -0.668. The molecule has 6 atom stereocenters. The minimum absolute atomic E-state index is 0.144. The molecule has 1 aliphatic heterocycles. The summed E-state index contributed by atoms with van der Waals surface area (Å²) in [5.74, 6) is -0.535. The standard InChI is InChI=1S/C28H25NO5/c1-14-6-7-16(10-15(14)2)23(30)13-34-28(33)17-4-3-5-18(11-17)29-26(31)24-19-8-9-20(22-12-21(19)22)25(24)27(29)32/h3-11,19-22,24-25H,12-13H2,1-2H3/t19-,20+,21-,22-,24+,25-/m1/s1. The SMILES string of the molecule is Cc1ccc(C(=O)COC(=O)c2cccc(N3C(=O)[C@@H]4[C@H]5C=C[C@H]([C@H]6C[C@H]56)[C@@H]4C3=O)c2)cc1C. The largest absolute Gasteiger partial charge is 0.454 e. The summed E-state index contributed by atoms with van der Waals surface area (Å²) in [6.45, 7) is 3.51. The Morgan fingerprint density at radius 3 is 2.21 bits per heavy atom. The van der Waals surface area contributed by atoms with E-state index in [9.17, 15) is 19.2 Å². The van der Waals surface area contributed by atoms with Crippen molar-refractivity contribution in [2.75, 3.05) is 11.5 Å². The molecule has 0 radical (unpaired) electrons. The number of amides is 2. The summed E-state index contributed by atoms with van der Waals surface area (Å²) in [5, 5.41) is 0. The predicted octanol–water partition coefficient (Wildman–Crippen LogP) is 3.90. The van der Waals surface area contributed by atoms with E-state index in [1.807, 2.05) is 19.9 Å². The van der Waals surface area contributed by atoms with Crippen LogP contribution in [0.25, 0.3) is 0 Å². The lowest BCUT2D eigenvalue weighted by atomic mass is 9.63. The molecule has 34 heavy (non-hydrogen) atoms. The Hall–Kier alpha value is -3.54. The molecule has 172 valence electrons. The number of hydrogen-bond acceptors (Lipinski definition) is 5. The van der Waals surface area contributed by atoms with Crippen LogP contribution in [0.5, 0.6) is 0 Å². The Labute approximate surface area is 197 Å². The third-order valence-corrected chi connectivity index (χ3v) is 8.17. The second kappa shape index (κ2) is 7.49. The number of nitrogens with zero attached hydrogens (tertiary/aromatic N) is 1. The smallest absolute Gasteiger partial charge is 0.338 e. The number of hydrogen-bond donors (Lipinski definition) is 0. The van der Waals surface area contributed by atoms with Crippen molar-refractivity contribution in [3.63, 3.8) is 0 Å². The lowest BCUT2D eigenvalue weighted by Crippen LogP contribution is -2.40. The molecule has 3 fully saturated rings. The predicted molar refractivity (Wildman–Crippen MR) is 124 cm³/mol. The molecule has 6 nitrogen and oxygen atoms in total. The maximum absolute atomic E-state index is 13.3. The highest BCUT2D eigenvalue weighted by molar-refractivity contribution is 6.23. The fraction of sp³-hybridized carbons (Fsp3) is 0.357. The average Bonchev–Trinajstić information content (AvgIpc) is 3.62. The van der Waals surface area contributed by atoms with Crippen LogP contribution in [-0.2, 0) is 14.3 Å². The van der Waals surface area contributed by atoms with Gasteiger partial charge in [0.05, 0.1) is 23.1 Å². The number of carbonyl (C=O) groups excluding carboxylic acids is 4. The zero-order chi connectivity index (χ0) is 23.7. The number of allylic oxidation sites excluding steroid dienone is 2. The molecule has 0 aromatic heterocycles. The first kappa shape index (κ1) is 21.0. The highest BCUT2D eigenvalue weighted by Crippen LogP contribution is 2.65. The maximum atomic E-state index is 13.3. The van der Waals surface area contributed by atoms with Crippen LogP contribution in [0.4, 0.5) is 5.69 Å². The highest BCUT2D eigenvalue weighted by atomic mass is 16.5. The van der Waals surface area contributed by atoms with E-state index in [0.29, 0.717) is 23.1 Å². The number of ketones is 1. The summed E-state index contributed by atoms with van der Waals surface area (Å²) in [6.07, 6.45) is 5.38. The van der Waals surface area contributed by atoms with Crippen molar-refractivity contribution in [1.82, 2.24) is 0 Å². The van der Waals surface area contributed by atoms with Gasteiger partial charge in [0.15, 0.2) is 12.4 Å². The number of rotatable bonds is 5. The van der Waals surface area contributed by atoms with Crippen molar-refractivity contribution in [2.24, 2.45) is 35.5 Å². The first-order chi connectivity index (χ1) is 16.3. The fourth-order valence-corrected chi connectivity index (χ4v) is 6.20. The number of aryl methyl sites for hydroxylation is 2. The van der Waals surface area contributed by atoms with Gasteiger partial charge in [-0.2, -0.15) is 0 Å². The normalized spacial score (nSPS) is 30.2. The molecule has 6 heteroatoms. The molecular formula is C28H25NO5. The summed E-state index contributed by atoms with van der Waals surface area (Å²) in [5.41, 5.74) is 3.14. The molecule has 2 saturated carbocycles. The third kappa shape index (κ3) is 3.08. The average molecular weight is 456 g/mol. The summed E-state index contributed by atoms with van der Waals surface area (Å²) in [4.78, 5) is 53.0. The monoisotopic (exact) mass is 455 g/mol. The number of anilines is 1. The Kier molecular flexibility index (Phi) is 4.63. The van der Waals surface area contributed by atoms with Gasteiger partial charge in [-0.1, -0.05) is 30.4 Å². The zero-order valence-corrected chi connectivity index (χ0v) is 19.1. The number of benzene rings is 2. The van der Waals surface area contributed by atoms with E-state index in [4.69, 9.17) is 4.74 Å². The van der Waals surface area contributed by atoms with Crippen LogP contribution in [-0.4, -0.2) is 30.2 Å². The number of Topliss-reactive ketones (excluding diaryl/α,β-unsaturated/α-hetero) is 1. The molecule has 7 rings (SSSR count). The van der Waals surface area contributed by atoms with Gasteiger partial charge in [0.2, 0.25) is 11.8 Å². The Balaban J connectivity index is 1.18. The van der Waals surface area contributed by atoms with Crippen LogP contribution >= 0.6 is 0 Å². The summed E-state index contributed by atoms with van der Waals surface area (Å²) in [6, 6.07) is 11.7. The van der Waals surface area contributed by atoms with Gasteiger partial charge in [-0.3, -0.25) is 14.4 Å². The molecule has 0 spiro atoms. The van der Waals surface area contributed by atoms with Gasteiger partial charge in [0, 0.05) is 5.56 Å². The molecule has 2 bridgehead atoms. The Morgan fingerprint density at radius 2 is 1.56 bits per heavy atom. The molecule has 1 heterocycles. The molecule has 0 unspecified atom stereocenters. The van der Waals surface area contributed by atoms with E-state index in [0.717, 1.165) is 17.5 Å². The lowest BCUT2D eigenvalue weighted by molar-refractivity contribution is -0.124. The van der Waals surface area contributed by atoms with E-state index in [1.54, 1.807) is 30.3 Å². The topological polar surface area (TPSA) is 80.8 Å². The second-order valence-corrected chi connectivity index (χ2v) is 10.0. The zero-order valence-electron chi connectivity index (χ0n) is 19.1. The first-order valence-electron chi connectivity index (χ1n) is 11.8. The van der Waals surface area contributed by atoms with E-state index in [-0.39, 0.29) is 53.4 Å². The quantitative estimate of drug-likeness (QED) is 0.296. The minimum Gasteiger partial charge on any atom is -0.454 e. The molecule has 2 aromatic rings. The first-order valence-corrected chi connectivity index (χ1v) is 11.8. The van der Waals surface area contributed by atoms with E-state index in [1.165, 1.54) is 11.0 Å². The number of ether oxygens (including phenoxy) is 1. The van der Waals surface area contributed by atoms with Crippen LogP contribution in [0.15, 0.2) is 54.6 Å². The Morgan fingerprint density at radius 1 is 0.882 bits per heavy atom. The van der Waals surface area contributed by atoms with Gasteiger partial charge in [0.1, 0.15) is 0 Å². The van der Waals surface area contributed by atoms with Crippen LogP contribution in [0.2, 0.25) is 0 Å². The van der Waals surface area contributed by atoms with Crippen molar-refractivity contribution >= 4 is 29.3 Å². The van der Waals surface area contributed by atoms with Gasteiger partial charge in [-0.15, -0.1) is 0 Å². The van der Waals surface area contributed by atoms with Gasteiger partial charge >= 0.3 is 5.97 Å². The Bertz CT molecular complexity index is 1260. The van der Waals surface area contributed by atoms with Crippen LogP contribution in [0, 0.1) is 49.4 Å². The molecule has 5 aliphatic rings. The van der Waals surface area contributed by atoms with Crippen molar-refractivity contribution < 1.29 is 23.9 Å². The summed E-state index contributed by atoms with van der Waals surface area (Å²) >= 11 is 0. The van der Waals surface area contributed by atoms with Crippen molar-refractivity contribution in [1.29, 1.82) is 0 Å². The van der Waals surface area contributed by atoms with Crippen LogP contribution in [0.3, 0.4) is 0 Å². The number of esters is 1. The number of carbonyl (C=O) groups is 4. The molecular weight excluding hydrogens is 430 g/mol. The van der Waals surface area contributed by atoms with E-state index < -0.39 is 5.97 Å². The molecule has 4 aliphatic carbocycles. The molecule has 2 aromatic carbocycles. The van der Waals surface area contributed by atoms with Crippen molar-refractivity contribution in [3.8, 4) is 0 Å². The van der Waals surface area contributed by atoms with E-state index >= 15 is 0 Å². The van der Waals surface area contributed by atoms with Gasteiger partial charge < -0.3 is 4.74 Å². The third-order valence-electron chi connectivity index (χ3n) is 8.17. The fourth-order valence-electron chi connectivity index (χ4n) is 6.20. The molecule has 1 saturated heterocycles. The second-order valence-electron chi connectivity index (χ2n) is 10.0. The number of imide groups is 1. The van der Waals surface area contributed by atoms with Crippen molar-refractivity contribution in [3.05, 3.63) is 76.9 Å². The van der Waals surface area contributed by atoms with Crippen LogP contribution in [0.1, 0.15) is 38.3 Å². The van der Waals surface area contributed by atoms with Gasteiger partial charge in [-0.05, 0) is 79.3 Å². The van der Waals surface area contributed by atoms with Crippen LogP contribution < -0.4 is 4.90 Å². The summed E-state index contributed by atoms with van der Waals surface area (Å²) < 4.78 is 5.26. The molecule has 0 N–H and O–H groups in total. The van der Waals surface area contributed by atoms with E-state index in [2.05, 4.69) is 12.2 Å². The molecule has 2 amide bonds. The van der Waals surface area contributed by atoms with Gasteiger partial charge in [0.25, 0.3) is 0 Å². The van der Waals surface area contributed by atoms with Crippen molar-refractivity contribution in [2.45, 2.75) is 20.3 Å². The van der Waals surface area contributed by atoms with Gasteiger partial charge in [-0.25, -0.2) is 9.69 Å². The highest BCUT2D eigenvalue weighted by Gasteiger charge is 2.67. The maximum Gasteiger partial charge on any atom is 0.338 e. The lowest BCUT2D eigenvalue weighted by Gasteiger charge is -2.37.